The molecule has 0 saturated heterocycles. The number of Topliss-reactive ketones (excluding diaryl/α,β-unsaturated/α-hetero) is 1. The first-order chi connectivity index (χ1) is 11.5. The molecule has 1 aliphatic heterocycles. The van der Waals surface area contributed by atoms with E-state index in [1.807, 2.05) is 17.5 Å². The Balaban J connectivity index is 1.62. The van der Waals surface area contributed by atoms with Crippen LogP contribution in [0.15, 0.2) is 35.7 Å². The van der Waals surface area contributed by atoms with Gasteiger partial charge in [-0.25, -0.2) is 4.79 Å². The third-order valence-electron chi connectivity index (χ3n) is 4.18. The van der Waals surface area contributed by atoms with Gasteiger partial charge in [-0.2, -0.15) is 0 Å². The van der Waals surface area contributed by atoms with Crippen LogP contribution < -0.4 is 0 Å². The number of nitrogens with zero attached hydrogens (tertiary/aromatic N) is 1. The minimum Gasteiger partial charge on any atom is -0.478 e. The number of thiophene rings is 1. The maximum atomic E-state index is 12.4. The summed E-state index contributed by atoms with van der Waals surface area (Å²) in [4.78, 5) is 37.8. The molecular formula is C18H17NO4S. The third kappa shape index (κ3) is 3.54. The van der Waals surface area contributed by atoms with E-state index in [0.717, 1.165) is 11.1 Å². The molecule has 124 valence electrons. The van der Waals surface area contributed by atoms with Crippen LogP contribution in [0.4, 0.5) is 0 Å². The number of hydrogen-bond acceptors (Lipinski definition) is 4. The Bertz CT molecular complexity index is 782. The quantitative estimate of drug-likeness (QED) is 0.847. The monoisotopic (exact) mass is 343 g/mol. The van der Waals surface area contributed by atoms with Crippen molar-refractivity contribution in [3.05, 3.63) is 57.3 Å². The average molecular weight is 343 g/mol. The third-order valence-corrected chi connectivity index (χ3v) is 5.09. The summed E-state index contributed by atoms with van der Waals surface area (Å²) in [6.45, 7) is 1.01. The lowest BCUT2D eigenvalue weighted by Gasteiger charge is -2.29. The van der Waals surface area contributed by atoms with E-state index >= 15 is 0 Å². The summed E-state index contributed by atoms with van der Waals surface area (Å²) in [5.74, 6) is -1.04. The smallest absolute Gasteiger partial charge is 0.335 e. The van der Waals surface area contributed by atoms with Crippen LogP contribution in [0.2, 0.25) is 0 Å². The fraction of sp³-hybridized carbons (Fsp3) is 0.278. The van der Waals surface area contributed by atoms with Crippen molar-refractivity contribution in [3.8, 4) is 0 Å². The maximum Gasteiger partial charge on any atom is 0.335 e. The molecule has 0 aliphatic carbocycles. The Hall–Kier alpha value is -2.47. The van der Waals surface area contributed by atoms with Crippen molar-refractivity contribution in [1.29, 1.82) is 0 Å². The number of rotatable bonds is 5. The summed E-state index contributed by atoms with van der Waals surface area (Å²) in [6, 6.07) is 8.64. The number of amides is 1. The molecule has 5 nitrogen and oxygen atoms in total. The molecule has 1 N–H and O–H groups in total. The van der Waals surface area contributed by atoms with Crippen molar-refractivity contribution < 1.29 is 19.5 Å². The summed E-state index contributed by atoms with van der Waals surface area (Å²) in [5, 5.41) is 10.9. The fourth-order valence-corrected chi connectivity index (χ4v) is 3.54. The highest BCUT2D eigenvalue weighted by molar-refractivity contribution is 7.12. The summed E-state index contributed by atoms with van der Waals surface area (Å²) in [7, 11) is 0. The van der Waals surface area contributed by atoms with Crippen LogP contribution in [-0.4, -0.2) is 34.2 Å². The highest BCUT2D eigenvalue weighted by atomic mass is 32.1. The summed E-state index contributed by atoms with van der Waals surface area (Å²) < 4.78 is 0. The van der Waals surface area contributed by atoms with Crippen LogP contribution in [0.5, 0.6) is 0 Å². The second-order valence-corrected chi connectivity index (χ2v) is 6.70. The van der Waals surface area contributed by atoms with Gasteiger partial charge < -0.3 is 10.0 Å². The van der Waals surface area contributed by atoms with Crippen molar-refractivity contribution in [2.24, 2.45) is 0 Å². The molecule has 1 aromatic carbocycles. The fourth-order valence-electron chi connectivity index (χ4n) is 2.84. The van der Waals surface area contributed by atoms with Crippen LogP contribution in [0.3, 0.4) is 0 Å². The van der Waals surface area contributed by atoms with E-state index in [-0.39, 0.29) is 30.1 Å². The normalized spacial score (nSPS) is 13.4. The largest absolute Gasteiger partial charge is 0.478 e. The number of benzene rings is 1. The lowest BCUT2D eigenvalue weighted by Crippen LogP contribution is -2.36. The first-order valence-corrected chi connectivity index (χ1v) is 8.62. The molecule has 1 aliphatic rings. The Morgan fingerprint density at radius 3 is 2.67 bits per heavy atom. The van der Waals surface area contributed by atoms with Crippen LogP contribution in [0.25, 0.3) is 0 Å². The van der Waals surface area contributed by atoms with E-state index in [0.29, 0.717) is 24.4 Å². The van der Waals surface area contributed by atoms with E-state index in [1.54, 1.807) is 23.1 Å². The van der Waals surface area contributed by atoms with Gasteiger partial charge in [-0.15, -0.1) is 11.3 Å². The molecule has 24 heavy (non-hydrogen) atoms. The van der Waals surface area contributed by atoms with Crippen LogP contribution in [0, 0.1) is 0 Å². The number of carboxylic acids is 1. The molecule has 0 bridgehead atoms. The minimum absolute atomic E-state index is 0.0103. The summed E-state index contributed by atoms with van der Waals surface area (Å²) in [6.07, 6.45) is 1.10. The highest BCUT2D eigenvalue weighted by Crippen LogP contribution is 2.22. The molecule has 2 aromatic rings. The molecule has 0 radical (unpaired) electrons. The van der Waals surface area contributed by atoms with Gasteiger partial charge in [-0.1, -0.05) is 12.1 Å². The highest BCUT2D eigenvalue weighted by Gasteiger charge is 2.22. The molecule has 0 unspecified atom stereocenters. The van der Waals surface area contributed by atoms with Gasteiger partial charge in [0, 0.05) is 25.9 Å². The van der Waals surface area contributed by atoms with Crippen molar-refractivity contribution in [2.45, 2.75) is 25.8 Å². The van der Waals surface area contributed by atoms with Gasteiger partial charge >= 0.3 is 5.97 Å². The Labute approximate surface area is 143 Å². The van der Waals surface area contributed by atoms with E-state index in [9.17, 15) is 14.4 Å². The van der Waals surface area contributed by atoms with Crippen molar-refractivity contribution in [3.63, 3.8) is 0 Å². The number of hydrogen-bond donors (Lipinski definition) is 1. The molecule has 2 heterocycles. The molecule has 0 spiro atoms. The van der Waals surface area contributed by atoms with Crippen molar-refractivity contribution >= 4 is 29.0 Å². The SMILES string of the molecule is O=C(O)c1ccc2c(c1)CN(C(=O)CCC(=O)c1cccs1)CC2. The van der Waals surface area contributed by atoms with Gasteiger partial charge in [0.05, 0.1) is 10.4 Å². The number of carbonyl (C=O) groups excluding carboxylic acids is 2. The zero-order valence-electron chi connectivity index (χ0n) is 13.0. The second kappa shape index (κ2) is 6.97. The van der Waals surface area contributed by atoms with Crippen LogP contribution in [-0.2, 0) is 17.8 Å². The Kier molecular flexibility index (Phi) is 4.76. The predicted molar refractivity (Wildman–Crippen MR) is 90.4 cm³/mol. The molecule has 1 amide bonds. The average Bonchev–Trinajstić information content (AvgIpc) is 3.13. The summed E-state index contributed by atoms with van der Waals surface area (Å²) >= 11 is 1.38. The number of carboxylic acid groups (broad SMARTS) is 1. The maximum absolute atomic E-state index is 12.4. The standard InChI is InChI=1S/C18H17NO4S/c20-15(16-2-1-9-24-16)5-6-17(21)19-8-7-12-3-4-13(18(22)23)10-14(12)11-19/h1-4,9-10H,5-8,11H2,(H,22,23). The Morgan fingerprint density at radius 1 is 1.12 bits per heavy atom. The molecular weight excluding hydrogens is 326 g/mol. The molecule has 0 atom stereocenters. The van der Waals surface area contributed by atoms with E-state index in [4.69, 9.17) is 5.11 Å². The second-order valence-electron chi connectivity index (χ2n) is 5.75. The van der Waals surface area contributed by atoms with Gasteiger partial charge in [0.2, 0.25) is 5.91 Å². The predicted octanol–water partition coefficient (Wildman–Crippen LogP) is 2.99. The van der Waals surface area contributed by atoms with Crippen LogP contribution >= 0.6 is 11.3 Å². The van der Waals surface area contributed by atoms with Gasteiger partial charge in [-0.05, 0) is 41.1 Å². The van der Waals surface area contributed by atoms with Gasteiger partial charge in [-0.3, -0.25) is 9.59 Å². The first-order valence-electron chi connectivity index (χ1n) is 7.74. The number of fused-ring (bicyclic) bond motifs is 1. The van der Waals surface area contributed by atoms with E-state index in [1.165, 1.54) is 11.3 Å². The van der Waals surface area contributed by atoms with Crippen molar-refractivity contribution in [2.75, 3.05) is 6.54 Å². The lowest BCUT2D eigenvalue weighted by molar-refractivity contribution is -0.132. The van der Waals surface area contributed by atoms with Gasteiger partial charge in [0.1, 0.15) is 0 Å². The number of carbonyl (C=O) groups is 3. The zero-order valence-corrected chi connectivity index (χ0v) is 13.8. The zero-order chi connectivity index (χ0) is 17.1. The van der Waals surface area contributed by atoms with E-state index < -0.39 is 5.97 Å². The molecule has 3 rings (SSSR count). The minimum atomic E-state index is -0.970. The number of aromatic carboxylic acids is 1. The van der Waals surface area contributed by atoms with Gasteiger partial charge in [0.25, 0.3) is 0 Å². The Morgan fingerprint density at radius 2 is 1.96 bits per heavy atom. The van der Waals surface area contributed by atoms with Crippen molar-refractivity contribution in [1.82, 2.24) is 4.90 Å². The first kappa shape index (κ1) is 16.4. The molecule has 0 fully saturated rings. The molecule has 0 saturated carbocycles. The van der Waals surface area contributed by atoms with Crippen LogP contribution in [0.1, 0.15) is 44.0 Å². The molecule has 1 aromatic heterocycles. The topological polar surface area (TPSA) is 74.7 Å². The lowest BCUT2D eigenvalue weighted by atomic mass is 9.97. The summed E-state index contributed by atoms with van der Waals surface area (Å²) in [5.41, 5.74) is 2.19. The number of ketones is 1. The van der Waals surface area contributed by atoms with Gasteiger partial charge in [0.15, 0.2) is 5.78 Å². The van der Waals surface area contributed by atoms with E-state index in [2.05, 4.69) is 0 Å². The molecule has 6 heteroatoms.